The minimum absolute atomic E-state index is 0.324. The molecule has 3 rings (SSSR count). The summed E-state index contributed by atoms with van der Waals surface area (Å²) in [5.74, 6) is 0.523. The molecule has 5 nitrogen and oxygen atoms in total. The molecule has 1 fully saturated rings. The highest BCUT2D eigenvalue weighted by molar-refractivity contribution is 8.03. The summed E-state index contributed by atoms with van der Waals surface area (Å²) in [7, 11) is 2.12. The van der Waals surface area contributed by atoms with E-state index in [-0.39, 0.29) is 6.09 Å². The molecular weight excluding hydrogens is 346 g/mol. The number of nitrogens with zero attached hydrogens (tertiary/aromatic N) is 1. The first-order valence-electron chi connectivity index (χ1n) is 9.19. The van der Waals surface area contributed by atoms with E-state index in [0.717, 1.165) is 12.8 Å². The third-order valence-electron chi connectivity index (χ3n) is 4.53. The molecule has 0 radical (unpaired) electrons. The Morgan fingerprint density at radius 3 is 2.62 bits per heavy atom. The molecule has 142 valence electrons. The van der Waals surface area contributed by atoms with Gasteiger partial charge in [0.25, 0.3) is 0 Å². The van der Waals surface area contributed by atoms with Crippen molar-refractivity contribution in [1.29, 1.82) is 0 Å². The first-order valence-corrected chi connectivity index (χ1v) is 10.1. The van der Waals surface area contributed by atoms with Crippen LogP contribution in [0.5, 0.6) is 0 Å². The van der Waals surface area contributed by atoms with E-state index in [4.69, 9.17) is 4.74 Å². The number of thioether (sulfide) groups is 1. The van der Waals surface area contributed by atoms with Crippen molar-refractivity contribution < 1.29 is 9.53 Å². The maximum atomic E-state index is 11.7. The monoisotopic (exact) mass is 375 g/mol. The number of hydrogen-bond donors (Lipinski definition) is 2. The average Bonchev–Trinajstić information content (AvgIpc) is 2.89. The largest absolute Gasteiger partial charge is 0.444 e. The molecule has 1 amide bonds. The van der Waals surface area contributed by atoms with Crippen LogP contribution in [0.4, 0.5) is 4.79 Å². The Morgan fingerprint density at radius 1 is 1.27 bits per heavy atom. The van der Waals surface area contributed by atoms with Crippen LogP contribution in [0.25, 0.3) is 0 Å². The lowest BCUT2D eigenvalue weighted by Crippen LogP contribution is -2.45. The Morgan fingerprint density at radius 2 is 1.96 bits per heavy atom. The van der Waals surface area contributed by atoms with E-state index in [1.165, 1.54) is 10.6 Å². The molecule has 1 unspecified atom stereocenters. The lowest BCUT2D eigenvalue weighted by Gasteiger charge is -2.36. The van der Waals surface area contributed by atoms with Gasteiger partial charge in [0.15, 0.2) is 0 Å². The summed E-state index contributed by atoms with van der Waals surface area (Å²) >= 11 is 1.86. The van der Waals surface area contributed by atoms with Gasteiger partial charge in [-0.25, -0.2) is 4.79 Å². The molecule has 1 aromatic rings. The highest BCUT2D eigenvalue weighted by atomic mass is 32.2. The van der Waals surface area contributed by atoms with Gasteiger partial charge in [-0.15, -0.1) is 0 Å². The molecule has 26 heavy (non-hydrogen) atoms. The Balaban J connectivity index is 1.37. The van der Waals surface area contributed by atoms with E-state index in [1.54, 1.807) is 0 Å². The molecule has 1 aromatic carbocycles. The van der Waals surface area contributed by atoms with Gasteiger partial charge in [0.1, 0.15) is 11.0 Å². The number of carbonyl (C=O) groups is 1. The third kappa shape index (κ3) is 5.10. The molecule has 1 aliphatic carbocycles. The maximum absolute atomic E-state index is 11.7. The second-order valence-corrected chi connectivity index (χ2v) is 9.22. The van der Waals surface area contributed by atoms with Gasteiger partial charge >= 0.3 is 6.09 Å². The normalized spacial score (nSPS) is 25.3. The summed E-state index contributed by atoms with van der Waals surface area (Å²) in [4.78, 5) is 14.0. The van der Waals surface area contributed by atoms with Crippen LogP contribution in [0.2, 0.25) is 0 Å². The van der Waals surface area contributed by atoms with Crippen LogP contribution in [0.3, 0.4) is 0 Å². The van der Waals surface area contributed by atoms with Gasteiger partial charge < -0.3 is 20.3 Å². The van der Waals surface area contributed by atoms with Crippen LogP contribution < -0.4 is 10.6 Å². The van der Waals surface area contributed by atoms with Gasteiger partial charge in [0.05, 0.1) is 5.03 Å². The van der Waals surface area contributed by atoms with Gasteiger partial charge in [-0.3, -0.25) is 0 Å². The molecule has 6 heteroatoms. The quantitative estimate of drug-likeness (QED) is 0.813. The van der Waals surface area contributed by atoms with Gasteiger partial charge in [-0.1, -0.05) is 42.1 Å². The predicted molar refractivity (Wildman–Crippen MR) is 107 cm³/mol. The van der Waals surface area contributed by atoms with Crippen molar-refractivity contribution in [3.05, 3.63) is 47.1 Å². The molecule has 1 heterocycles. The lowest BCUT2D eigenvalue weighted by molar-refractivity contribution is 0.0505. The molecular formula is C20H29N3O2S. The van der Waals surface area contributed by atoms with Crippen LogP contribution in [-0.2, 0) is 4.74 Å². The second kappa shape index (κ2) is 7.82. The highest BCUT2D eigenvalue weighted by Gasteiger charge is 2.32. The van der Waals surface area contributed by atoms with Crippen LogP contribution in [0.15, 0.2) is 41.6 Å². The smallest absolute Gasteiger partial charge is 0.407 e. The summed E-state index contributed by atoms with van der Waals surface area (Å²) in [6.45, 7) is 6.32. The SMILES string of the molecule is CN1C=C(NC2CC(CNC(=O)OC(C)(C)C)C2)SC1c1ccccc1. The number of ether oxygens (including phenoxy) is 1. The summed E-state index contributed by atoms with van der Waals surface area (Å²) in [5.41, 5.74) is 0.877. The van der Waals surface area contributed by atoms with Crippen molar-refractivity contribution in [2.75, 3.05) is 13.6 Å². The molecule has 0 bridgehead atoms. The fourth-order valence-electron chi connectivity index (χ4n) is 3.24. The van der Waals surface area contributed by atoms with Gasteiger partial charge in [0.2, 0.25) is 0 Å². The zero-order valence-electron chi connectivity index (χ0n) is 16.0. The van der Waals surface area contributed by atoms with E-state index < -0.39 is 5.60 Å². The third-order valence-corrected chi connectivity index (χ3v) is 5.84. The highest BCUT2D eigenvalue weighted by Crippen LogP contribution is 2.42. The van der Waals surface area contributed by atoms with Crippen molar-refractivity contribution in [1.82, 2.24) is 15.5 Å². The number of hydrogen-bond acceptors (Lipinski definition) is 5. The van der Waals surface area contributed by atoms with Crippen LogP contribution in [0, 0.1) is 5.92 Å². The Bertz CT molecular complexity index is 651. The van der Waals surface area contributed by atoms with Crippen LogP contribution >= 0.6 is 11.8 Å². The average molecular weight is 376 g/mol. The Labute approximate surface area is 160 Å². The number of carbonyl (C=O) groups excluding carboxylic acids is 1. The molecule has 1 aliphatic heterocycles. The van der Waals surface area contributed by atoms with Gasteiger partial charge in [-0.05, 0) is 45.1 Å². The molecule has 0 aromatic heterocycles. The van der Waals surface area contributed by atoms with Gasteiger partial charge in [0, 0.05) is 25.8 Å². The van der Waals surface area contributed by atoms with E-state index in [9.17, 15) is 4.79 Å². The lowest BCUT2D eigenvalue weighted by atomic mass is 9.80. The van der Waals surface area contributed by atoms with Crippen molar-refractivity contribution in [2.24, 2.45) is 5.92 Å². The Hall–Kier alpha value is -1.82. The number of nitrogens with one attached hydrogen (secondary N) is 2. The number of amides is 1. The van der Waals surface area contributed by atoms with Crippen LogP contribution in [0.1, 0.15) is 44.6 Å². The van der Waals surface area contributed by atoms with E-state index >= 15 is 0 Å². The van der Waals surface area contributed by atoms with E-state index in [0.29, 0.717) is 23.9 Å². The molecule has 2 N–H and O–H groups in total. The maximum Gasteiger partial charge on any atom is 0.407 e. The van der Waals surface area contributed by atoms with Crippen molar-refractivity contribution >= 4 is 17.9 Å². The predicted octanol–water partition coefficient (Wildman–Crippen LogP) is 4.06. The number of benzene rings is 1. The fraction of sp³-hybridized carbons (Fsp3) is 0.550. The minimum atomic E-state index is -0.443. The molecule has 2 aliphatic rings. The first kappa shape index (κ1) is 19.0. The molecule has 0 saturated heterocycles. The minimum Gasteiger partial charge on any atom is -0.444 e. The molecule has 0 spiro atoms. The number of alkyl carbamates (subject to hydrolysis) is 1. The zero-order valence-corrected chi connectivity index (χ0v) is 16.8. The summed E-state index contributed by atoms with van der Waals surface area (Å²) in [6.07, 6.45) is 4.02. The molecule has 1 saturated carbocycles. The summed E-state index contributed by atoms with van der Waals surface area (Å²) < 4.78 is 5.27. The summed E-state index contributed by atoms with van der Waals surface area (Å²) in [5, 5.41) is 8.08. The summed E-state index contributed by atoms with van der Waals surface area (Å²) in [6, 6.07) is 11.1. The van der Waals surface area contributed by atoms with Crippen LogP contribution in [-0.4, -0.2) is 36.2 Å². The van der Waals surface area contributed by atoms with Crippen molar-refractivity contribution in [2.45, 2.75) is 50.6 Å². The zero-order chi connectivity index (χ0) is 18.7. The second-order valence-electron chi connectivity index (χ2n) is 8.10. The topological polar surface area (TPSA) is 53.6 Å². The van der Waals surface area contributed by atoms with Crippen molar-refractivity contribution in [3.63, 3.8) is 0 Å². The van der Waals surface area contributed by atoms with Gasteiger partial charge in [-0.2, -0.15) is 0 Å². The number of rotatable bonds is 5. The standard InChI is InChI=1S/C20H29N3O2S/c1-20(2,3)25-19(24)21-12-14-10-16(11-14)22-17-13-23(4)18(26-17)15-8-6-5-7-9-15/h5-9,13-14,16,18,22H,10-12H2,1-4H3,(H,21,24). The fourth-order valence-corrected chi connectivity index (χ4v) is 4.46. The molecule has 1 atom stereocenters. The van der Waals surface area contributed by atoms with Crippen molar-refractivity contribution in [3.8, 4) is 0 Å². The Kier molecular flexibility index (Phi) is 5.70. The van der Waals surface area contributed by atoms with E-state index in [1.807, 2.05) is 32.5 Å². The van der Waals surface area contributed by atoms with E-state index in [2.05, 4.69) is 59.1 Å². The first-order chi connectivity index (χ1) is 12.3.